The minimum atomic E-state index is 0.812. The number of benzene rings is 1. The second kappa shape index (κ2) is 4.49. The van der Waals surface area contributed by atoms with Crippen molar-refractivity contribution in [3.63, 3.8) is 0 Å². The fraction of sp³-hybridized carbons (Fsp3) is 0.400. The van der Waals surface area contributed by atoms with E-state index in [1.54, 1.807) is 0 Å². The number of anilines is 1. The third-order valence-corrected chi connectivity index (χ3v) is 2.27. The van der Waals surface area contributed by atoms with Gasteiger partial charge < -0.3 is 10.2 Å². The second-order valence-corrected chi connectivity index (χ2v) is 3.61. The fourth-order valence-electron chi connectivity index (χ4n) is 1.15. The van der Waals surface area contributed by atoms with Crippen molar-refractivity contribution in [1.82, 2.24) is 5.32 Å². The van der Waals surface area contributed by atoms with Crippen LogP contribution in [0.15, 0.2) is 18.2 Å². The molecule has 1 aromatic carbocycles. The average Bonchev–Trinajstić information content (AvgIpc) is 2.08. The zero-order valence-electron chi connectivity index (χ0n) is 8.26. The van der Waals surface area contributed by atoms with Crippen LogP contribution in [0.5, 0.6) is 0 Å². The van der Waals surface area contributed by atoms with E-state index in [2.05, 4.69) is 11.4 Å². The van der Waals surface area contributed by atoms with Gasteiger partial charge in [0.2, 0.25) is 0 Å². The molecule has 0 aliphatic heterocycles. The van der Waals surface area contributed by atoms with E-state index in [0.29, 0.717) is 0 Å². The Morgan fingerprint density at radius 2 is 2.08 bits per heavy atom. The molecule has 0 aromatic heterocycles. The Bertz CT molecular complexity index is 284. The number of nitrogens with zero attached hydrogens (tertiary/aromatic N) is 1. The standard InChI is InChI=1S/C10H15ClN2/c1-12-7-8-4-5-9(13(2)3)6-10(8)11/h4-6,12H,7H2,1-3H3. The van der Waals surface area contributed by atoms with Gasteiger partial charge in [0.05, 0.1) is 0 Å². The maximum Gasteiger partial charge on any atom is 0.0471 e. The molecule has 1 rings (SSSR count). The summed E-state index contributed by atoms with van der Waals surface area (Å²) >= 11 is 6.09. The Hall–Kier alpha value is -0.730. The van der Waals surface area contributed by atoms with Crippen LogP contribution < -0.4 is 10.2 Å². The molecule has 0 spiro atoms. The van der Waals surface area contributed by atoms with E-state index in [4.69, 9.17) is 11.6 Å². The average molecular weight is 199 g/mol. The smallest absolute Gasteiger partial charge is 0.0471 e. The van der Waals surface area contributed by atoms with Crippen molar-refractivity contribution in [3.05, 3.63) is 28.8 Å². The molecular formula is C10H15ClN2. The first-order valence-electron chi connectivity index (χ1n) is 4.25. The number of hydrogen-bond acceptors (Lipinski definition) is 2. The molecule has 0 bridgehead atoms. The van der Waals surface area contributed by atoms with Gasteiger partial charge in [-0.15, -0.1) is 0 Å². The lowest BCUT2D eigenvalue weighted by atomic mass is 10.2. The Morgan fingerprint density at radius 1 is 1.38 bits per heavy atom. The molecule has 13 heavy (non-hydrogen) atoms. The zero-order valence-corrected chi connectivity index (χ0v) is 9.02. The molecule has 0 heterocycles. The number of rotatable bonds is 3. The molecule has 72 valence electrons. The van der Waals surface area contributed by atoms with Gasteiger partial charge in [0, 0.05) is 31.4 Å². The summed E-state index contributed by atoms with van der Waals surface area (Å²) in [5.41, 5.74) is 2.26. The van der Waals surface area contributed by atoms with Crippen molar-refractivity contribution >= 4 is 17.3 Å². The Balaban J connectivity index is 2.92. The van der Waals surface area contributed by atoms with Gasteiger partial charge in [0.15, 0.2) is 0 Å². The molecule has 0 atom stereocenters. The molecule has 0 aliphatic rings. The normalized spacial score (nSPS) is 10.2. The summed E-state index contributed by atoms with van der Waals surface area (Å²) in [6.45, 7) is 0.812. The zero-order chi connectivity index (χ0) is 9.84. The molecule has 2 nitrogen and oxygen atoms in total. The van der Waals surface area contributed by atoms with Crippen LogP contribution in [0.2, 0.25) is 5.02 Å². The monoisotopic (exact) mass is 198 g/mol. The van der Waals surface area contributed by atoms with Crippen LogP contribution in [-0.2, 0) is 6.54 Å². The first-order valence-corrected chi connectivity index (χ1v) is 4.63. The second-order valence-electron chi connectivity index (χ2n) is 3.20. The summed E-state index contributed by atoms with van der Waals surface area (Å²) in [5, 5.41) is 3.90. The summed E-state index contributed by atoms with van der Waals surface area (Å²) in [7, 11) is 5.92. The van der Waals surface area contributed by atoms with Gasteiger partial charge in [0.1, 0.15) is 0 Å². The topological polar surface area (TPSA) is 15.3 Å². The maximum atomic E-state index is 6.09. The SMILES string of the molecule is CNCc1ccc(N(C)C)cc1Cl. The van der Waals surface area contributed by atoms with Gasteiger partial charge in [0.25, 0.3) is 0 Å². The predicted octanol–water partition coefficient (Wildman–Crippen LogP) is 2.13. The van der Waals surface area contributed by atoms with Gasteiger partial charge in [-0.25, -0.2) is 0 Å². The molecule has 0 radical (unpaired) electrons. The number of halogens is 1. The molecule has 3 heteroatoms. The van der Waals surface area contributed by atoms with E-state index in [9.17, 15) is 0 Å². The highest BCUT2D eigenvalue weighted by Gasteiger charge is 2.01. The van der Waals surface area contributed by atoms with Crippen LogP contribution in [0.4, 0.5) is 5.69 Å². The Kier molecular flexibility index (Phi) is 3.58. The summed E-state index contributed by atoms with van der Waals surface area (Å²) in [4.78, 5) is 2.04. The first-order chi connectivity index (χ1) is 6.15. The first kappa shape index (κ1) is 10.4. The van der Waals surface area contributed by atoms with E-state index in [-0.39, 0.29) is 0 Å². The van der Waals surface area contributed by atoms with Gasteiger partial charge in [-0.1, -0.05) is 17.7 Å². The molecule has 1 N–H and O–H groups in total. The van der Waals surface area contributed by atoms with E-state index in [0.717, 1.165) is 22.8 Å². The third-order valence-electron chi connectivity index (χ3n) is 1.92. The van der Waals surface area contributed by atoms with Crippen molar-refractivity contribution in [1.29, 1.82) is 0 Å². The molecule has 0 amide bonds. The molecule has 0 aliphatic carbocycles. The van der Waals surface area contributed by atoms with Crippen molar-refractivity contribution in [3.8, 4) is 0 Å². The fourth-order valence-corrected chi connectivity index (χ4v) is 1.39. The summed E-state index contributed by atoms with van der Waals surface area (Å²) in [6, 6.07) is 6.10. The molecule has 0 saturated carbocycles. The van der Waals surface area contributed by atoms with E-state index >= 15 is 0 Å². The van der Waals surface area contributed by atoms with Gasteiger partial charge in [-0.3, -0.25) is 0 Å². The van der Waals surface area contributed by atoms with Crippen molar-refractivity contribution in [2.45, 2.75) is 6.54 Å². The minimum absolute atomic E-state index is 0.812. The quantitative estimate of drug-likeness (QED) is 0.801. The predicted molar refractivity (Wildman–Crippen MR) is 58.5 cm³/mol. The highest BCUT2D eigenvalue weighted by Crippen LogP contribution is 2.22. The van der Waals surface area contributed by atoms with Gasteiger partial charge in [-0.05, 0) is 24.7 Å². The van der Waals surface area contributed by atoms with E-state index < -0.39 is 0 Å². The van der Waals surface area contributed by atoms with Gasteiger partial charge >= 0.3 is 0 Å². The van der Waals surface area contributed by atoms with E-state index in [1.807, 2.05) is 38.2 Å². The Morgan fingerprint density at radius 3 is 2.54 bits per heavy atom. The van der Waals surface area contributed by atoms with Crippen molar-refractivity contribution in [2.75, 3.05) is 26.0 Å². The maximum absolute atomic E-state index is 6.09. The van der Waals surface area contributed by atoms with Crippen molar-refractivity contribution in [2.24, 2.45) is 0 Å². The summed E-state index contributed by atoms with van der Waals surface area (Å²) < 4.78 is 0. The highest BCUT2D eigenvalue weighted by atomic mass is 35.5. The minimum Gasteiger partial charge on any atom is -0.378 e. The van der Waals surface area contributed by atoms with Crippen LogP contribution in [0.25, 0.3) is 0 Å². The van der Waals surface area contributed by atoms with Crippen LogP contribution >= 0.6 is 11.6 Å². The van der Waals surface area contributed by atoms with Crippen LogP contribution in [-0.4, -0.2) is 21.1 Å². The number of nitrogens with one attached hydrogen (secondary N) is 1. The number of hydrogen-bond donors (Lipinski definition) is 1. The third kappa shape index (κ3) is 2.61. The van der Waals surface area contributed by atoms with Crippen LogP contribution in [0, 0.1) is 0 Å². The lowest BCUT2D eigenvalue weighted by molar-refractivity contribution is 0.818. The molecular weight excluding hydrogens is 184 g/mol. The summed E-state index contributed by atoms with van der Waals surface area (Å²) in [6.07, 6.45) is 0. The van der Waals surface area contributed by atoms with Gasteiger partial charge in [-0.2, -0.15) is 0 Å². The highest BCUT2D eigenvalue weighted by molar-refractivity contribution is 6.31. The van der Waals surface area contributed by atoms with Crippen LogP contribution in [0.1, 0.15) is 5.56 Å². The lowest BCUT2D eigenvalue weighted by Crippen LogP contribution is -2.10. The van der Waals surface area contributed by atoms with Crippen LogP contribution in [0.3, 0.4) is 0 Å². The molecule has 0 fully saturated rings. The molecule has 1 aromatic rings. The van der Waals surface area contributed by atoms with E-state index in [1.165, 1.54) is 0 Å². The molecule has 0 unspecified atom stereocenters. The Labute approximate surface area is 84.5 Å². The lowest BCUT2D eigenvalue weighted by Gasteiger charge is -2.14. The largest absolute Gasteiger partial charge is 0.378 e. The van der Waals surface area contributed by atoms with Crippen molar-refractivity contribution < 1.29 is 0 Å². The molecule has 0 saturated heterocycles. The summed E-state index contributed by atoms with van der Waals surface area (Å²) in [5.74, 6) is 0.